The van der Waals surface area contributed by atoms with E-state index in [1.807, 2.05) is 64.1 Å². The summed E-state index contributed by atoms with van der Waals surface area (Å²) >= 11 is 0. The topological polar surface area (TPSA) is 58.6 Å². The van der Waals surface area contributed by atoms with Gasteiger partial charge in [-0.1, -0.05) is 45.9 Å². The summed E-state index contributed by atoms with van der Waals surface area (Å²) in [6.07, 6.45) is 0. The van der Waals surface area contributed by atoms with Gasteiger partial charge in [-0.2, -0.15) is 0 Å². The average Bonchev–Trinajstić information content (AvgIpc) is 2.90. The van der Waals surface area contributed by atoms with Crippen LogP contribution in [0.3, 0.4) is 0 Å². The number of aryl methyl sites for hydroxylation is 2. The molecule has 1 aliphatic rings. The summed E-state index contributed by atoms with van der Waals surface area (Å²) in [5.41, 5.74) is 4.41. The van der Waals surface area contributed by atoms with E-state index in [0.29, 0.717) is 35.9 Å². The molecular weight excluding hydrogens is 388 g/mol. The van der Waals surface area contributed by atoms with Gasteiger partial charge in [-0.15, -0.1) is 0 Å². The summed E-state index contributed by atoms with van der Waals surface area (Å²) in [7, 11) is 0. The number of amides is 2. The molecule has 31 heavy (non-hydrogen) atoms. The minimum Gasteiger partial charge on any atom is -0.493 e. The van der Waals surface area contributed by atoms with Crippen LogP contribution in [-0.2, 0) is 9.59 Å². The second kappa shape index (κ2) is 9.38. The zero-order valence-corrected chi connectivity index (χ0v) is 19.3. The van der Waals surface area contributed by atoms with Crippen LogP contribution in [0.2, 0.25) is 0 Å². The van der Waals surface area contributed by atoms with E-state index in [9.17, 15) is 9.59 Å². The zero-order valence-electron chi connectivity index (χ0n) is 19.3. The third kappa shape index (κ3) is 5.35. The third-order valence-electron chi connectivity index (χ3n) is 4.93. The number of hydrogen-bond donors (Lipinski definition) is 1. The van der Waals surface area contributed by atoms with Gasteiger partial charge in [-0.3, -0.25) is 14.5 Å². The van der Waals surface area contributed by atoms with Crippen LogP contribution in [0, 0.1) is 25.7 Å². The van der Waals surface area contributed by atoms with Crippen LogP contribution in [0.4, 0.5) is 5.69 Å². The lowest BCUT2D eigenvalue weighted by Crippen LogP contribution is -2.35. The number of nitrogens with one attached hydrogen (secondary N) is 1. The van der Waals surface area contributed by atoms with Crippen molar-refractivity contribution in [2.24, 2.45) is 11.8 Å². The average molecular weight is 421 g/mol. The van der Waals surface area contributed by atoms with Crippen molar-refractivity contribution < 1.29 is 14.3 Å². The van der Waals surface area contributed by atoms with Gasteiger partial charge in [0.2, 0.25) is 0 Å². The Morgan fingerprint density at radius 2 is 1.48 bits per heavy atom. The van der Waals surface area contributed by atoms with Gasteiger partial charge >= 0.3 is 0 Å². The number of imide groups is 1. The minimum atomic E-state index is -0.284. The van der Waals surface area contributed by atoms with Gasteiger partial charge in [0.25, 0.3) is 11.8 Å². The fourth-order valence-electron chi connectivity index (χ4n) is 3.66. The molecule has 0 spiro atoms. The van der Waals surface area contributed by atoms with Gasteiger partial charge in [0.15, 0.2) is 0 Å². The summed E-state index contributed by atoms with van der Waals surface area (Å²) in [5, 5.41) is 3.25. The van der Waals surface area contributed by atoms with Gasteiger partial charge in [-0.25, -0.2) is 0 Å². The summed E-state index contributed by atoms with van der Waals surface area (Å²) < 4.78 is 5.76. The quantitative estimate of drug-likeness (QED) is 0.598. The Balaban J connectivity index is 1.99. The molecule has 0 radical (unpaired) electrons. The Labute approximate surface area is 185 Å². The van der Waals surface area contributed by atoms with Crippen molar-refractivity contribution in [3.8, 4) is 5.75 Å². The molecule has 2 aromatic rings. The fraction of sp³-hybridized carbons (Fsp3) is 0.385. The number of anilines is 1. The predicted molar refractivity (Wildman–Crippen MR) is 125 cm³/mol. The molecule has 0 aliphatic carbocycles. The first-order chi connectivity index (χ1) is 14.7. The van der Waals surface area contributed by atoms with Crippen molar-refractivity contribution in [3.05, 3.63) is 64.9 Å². The van der Waals surface area contributed by atoms with Crippen molar-refractivity contribution in [1.29, 1.82) is 0 Å². The molecule has 0 fully saturated rings. The molecule has 2 aromatic carbocycles. The molecule has 0 bridgehead atoms. The van der Waals surface area contributed by atoms with Crippen LogP contribution in [-0.4, -0.2) is 29.9 Å². The van der Waals surface area contributed by atoms with E-state index in [1.165, 1.54) is 4.90 Å². The SMILES string of the molecule is Cc1cc(C)cc(NC2=C(c3ccc(OCC(C)C)cc3)C(=O)N(CC(C)C)C2=O)c1. The van der Waals surface area contributed by atoms with Crippen LogP contribution in [0.5, 0.6) is 5.75 Å². The molecule has 0 aromatic heterocycles. The smallest absolute Gasteiger partial charge is 0.278 e. The van der Waals surface area contributed by atoms with Gasteiger partial charge in [0.1, 0.15) is 11.4 Å². The van der Waals surface area contributed by atoms with E-state index in [1.54, 1.807) is 0 Å². The normalized spacial score (nSPS) is 14.3. The van der Waals surface area contributed by atoms with Crippen LogP contribution in [0.1, 0.15) is 44.4 Å². The molecule has 0 unspecified atom stereocenters. The number of carbonyl (C=O) groups is 2. The van der Waals surface area contributed by atoms with Gasteiger partial charge < -0.3 is 10.1 Å². The lowest BCUT2D eigenvalue weighted by atomic mass is 10.0. The highest BCUT2D eigenvalue weighted by molar-refractivity contribution is 6.36. The van der Waals surface area contributed by atoms with Crippen molar-refractivity contribution in [2.45, 2.75) is 41.5 Å². The second-order valence-corrected chi connectivity index (χ2v) is 9.10. The maximum Gasteiger partial charge on any atom is 0.278 e. The number of nitrogens with zero attached hydrogens (tertiary/aromatic N) is 1. The molecule has 0 saturated heterocycles. The number of hydrogen-bond acceptors (Lipinski definition) is 4. The first-order valence-corrected chi connectivity index (χ1v) is 10.8. The maximum atomic E-state index is 13.3. The molecular formula is C26H32N2O3. The Morgan fingerprint density at radius 3 is 2.03 bits per heavy atom. The molecule has 3 rings (SSSR count). The zero-order chi connectivity index (χ0) is 22.7. The summed E-state index contributed by atoms with van der Waals surface area (Å²) in [6, 6.07) is 13.4. The van der Waals surface area contributed by atoms with Crippen LogP contribution in [0.15, 0.2) is 48.2 Å². The van der Waals surface area contributed by atoms with E-state index >= 15 is 0 Å². The Morgan fingerprint density at radius 1 is 0.871 bits per heavy atom. The van der Waals surface area contributed by atoms with E-state index in [-0.39, 0.29) is 17.7 Å². The van der Waals surface area contributed by atoms with Crippen LogP contribution < -0.4 is 10.1 Å². The first kappa shape index (κ1) is 22.6. The van der Waals surface area contributed by atoms with Crippen molar-refractivity contribution in [2.75, 3.05) is 18.5 Å². The monoisotopic (exact) mass is 420 g/mol. The highest BCUT2D eigenvalue weighted by Crippen LogP contribution is 2.32. The number of ether oxygens (including phenoxy) is 1. The van der Waals surface area contributed by atoms with Crippen molar-refractivity contribution in [3.63, 3.8) is 0 Å². The molecule has 2 amide bonds. The number of rotatable bonds is 8. The highest BCUT2D eigenvalue weighted by atomic mass is 16.5. The maximum absolute atomic E-state index is 13.3. The van der Waals surface area contributed by atoms with Crippen molar-refractivity contribution in [1.82, 2.24) is 4.90 Å². The molecule has 1 aliphatic heterocycles. The summed E-state index contributed by atoms with van der Waals surface area (Å²) in [4.78, 5) is 27.8. The molecule has 5 nitrogen and oxygen atoms in total. The van der Waals surface area contributed by atoms with Gasteiger partial charge in [0.05, 0.1) is 12.2 Å². The Kier molecular flexibility index (Phi) is 6.84. The van der Waals surface area contributed by atoms with E-state index in [0.717, 1.165) is 22.6 Å². The van der Waals surface area contributed by atoms with E-state index in [4.69, 9.17) is 4.74 Å². The largest absolute Gasteiger partial charge is 0.493 e. The second-order valence-electron chi connectivity index (χ2n) is 9.10. The summed E-state index contributed by atoms with van der Waals surface area (Å²) in [6.45, 7) is 13.2. The third-order valence-corrected chi connectivity index (χ3v) is 4.93. The lowest BCUT2D eigenvalue weighted by molar-refractivity contribution is -0.137. The van der Waals surface area contributed by atoms with Gasteiger partial charge in [-0.05, 0) is 66.6 Å². The number of carbonyl (C=O) groups excluding carboxylic acids is 2. The minimum absolute atomic E-state index is 0.182. The Hall–Kier alpha value is -3.08. The van der Waals surface area contributed by atoms with E-state index in [2.05, 4.69) is 25.2 Å². The fourth-order valence-corrected chi connectivity index (χ4v) is 3.66. The molecule has 164 valence electrons. The Bertz CT molecular complexity index is 984. The molecule has 0 atom stereocenters. The molecule has 1 heterocycles. The van der Waals surface area contributed by atoms with Crippen LogP contribution >= 0.6 is 0 Å². The lowest BCUT2D eigenvalue weighted by Gasteiger charge is -2.17. The number of benzene rings is 2. The molecule has 5 heteroatoms. The van der Waals surface area contributed by atoms with Crippen LogP contribution in [0.25, 0.3) is 5.57 Å². The molecule has 0 saturated carbocycles. The first-order valence-electron chi connectivity index (χ1n) is 10.8. The predicted octanol–water partition coefficient (Wildman–Crippen LogP) is 5.19. The molecule has 1 N–H and O–H groups in total. The van der Waals surface area contributed by atoms with Gasteiger partial charge in [0, 0.05) is 12.2 Å². The van der Waals surface area contributed by atoms with Crippen molar-refractivity contribution >= 4 is 23.1 Å². The van der Waals surface area contributed by atoms with E-state index < -0.39 is 0 Å². The highest BCUT2D eigenvalue weighted by Gasteiger charge is 2.39. The standard InChI is InChI=1S/C26H32N2O3/c1-16(2)14-28-25(29)23(20-7-9-22(10-8-20)31-15-17(3)4)24(26(28)30)27-21-12-18(5)11-19(6)13-21/h7-13,16-17,27H,14-15H2,1-6H3. The summed E-state index contributed by atoms with van der Waals surface area (Å²) in [5.74, 6) is 0.809.